The van der Waals surface area contributed by atoms with E-state index in [0.717, 1.165) is 20.8 Å². The molecule has 0 aliphatic heterocycles. The maximum atomic E-state index is 10.7. The molecule has 1 unspecified atom stereocenters. The number of hydrogen-bond donors (Lipinski definition) is 1. The Kier molecular flexibility index (Phi) is 4.70. The van der Waals surface area contributed by atoms with E-state index in [4.69, 9.17) is 0 Å². The van der Waals surface area contributed by atoms with Gasteiger partial charge in [0.15, 0.2) is 0 Å². The number of nitrogens with zero attached hydrogens (tertiary/aromatic N) is 2. The number of benzene rings is 1. The second kappa shape index (κ2) is 6.29. The lowest BCUT2D eigenvalue weighted by Crippen LogP contribution is -2.10. The smallest absolute Gasteiger partial charge is 0.270 e. The predicted molar refractivity (Wildman–Crippen MR) is 84.8 cm³/mol. The molecule has 0 bridgehead atoms. The van der Waals surface area contributed by atoms with Gasteiger partial charge in [-0.25, -0.2) is 4.98 Å². The summed E-state index contributed by atoms with van der Waals surface area (Å²) in [5, 5.41) is 17.0. The lowest BCUT2D eigenvalue weighted by molar-refractivity contribution is -0.384. The molecule has 0 aliphatic carbocycles. The molecule has 1 N–H and O–H groups in total. The molecular weight excluding hydrogens is 377 g/mol. The molecule has 100 valence electrons. The molecule has 1 aromatic heterocycles. The van der Waals surface area contributed by atoms with Crippen LogP contribution in [0.3, 0.4) is 0 Å². The van der Waals surface area contributed by atoms with Crippen molar-refractivity contribution < 1.29 is 4.92 Å². The van der Waals surface area contributed by atoms with Crippen molar-refractivity contribution in [2.24, 2.45) is 0 Å². The topological polar surface area (TPSA) is 68.1 Å². The summed E-state index contributed by atoms with van der Waals surface area (Å²) in [7, 11) is 0. The average Bonchev–Trinajstić information content (AvgIpc) is 2.90. The zero-order valence-electron chi connectivity index (χ0n) is 10.2. The highest BCUT2D eigenvalue weighted by Crippen LogP contribution is 2.25. The van der Waals surface area contributed by atoms with E-state index in [9.17, 15) is 10.1 Å². The molecule has 2 aromatic rings. The Morgan fingerprint density at radius 2 is 2.37 bits per heavy atom. The van der Waals surface area contributed by atoms with Crippen LogP contribution in [-0.4, -0.2) is 16.5 Å². The van der Waals surface area contributed by atoms with Gasteiger partial charge in [-0.3, -0.25) is 10.1 Å². The second-order valence-electron chi connectivity index (χ2n) is 4.07. The molecule has 7 heteroatoms. The van der Waals surface area contributed by atoms with Crippen LogP contribution in [0.4, 0.5) is 11.4 Å². The van der Waals surface area contributed by atoms with Gasteiger partial charge in [0.2, 0.25) is 0 Å². The number of nitrogens with one attached hydrogen (secondary N) is 1. The Bertz CT molecular complexity index is 574. The maximum absolute atomic E-state index is 10.7. The fraction of sp³-hybridized carbons (Fsp3) is 0.250. The number of non-ortho nitro benzene ring substituents is 1. The molecule has 2 rings (SSSR count). The van der Waals surface area contributed by atoms with Gasteiger partial charge in [-0.15, -0.1) is 11.3 Å². The SMILES string of the molecule is CC(CNc1ccc([N+](=O)[O-])cc1I)c1nccs1. The van der Waals surface area contributed by atoms with Crippen molar-refractivity contribution >= 4 is 45.3 Å². The summed E-state index contributed by atoms with van der Waals surface area (Å²) in [6.45, 7) is 2.85. The van der Waals surface area contributed by atoms with Crippen LogP contribution in [0.25, 0.3) is 0 Å². The summed E-state index contributed by atoms with van der Waals surface area (Å²) in [5.41, 5.74) is 1.03. The molecule has 0 saturated carbocycles. The van der Waals surface area contributed by atoms with Gasteiger partial charge < -0.3 is 5.32 Å². The second-order valence-corrected chi connectivity index (χ2v) is 6.16. The molecule has 1 aromatic carbocycles. The van der Waals surface area contributed by atoms with Crippen molar-refractivity contribution in [1.29, 1.82) is 0 Å². The van der Waals surface area contributed by atoms with E-state index in [2.05, 4.69) is 39.8 Å². The van der Waals surface area contributed by atoms with Crippen molar-refractivity contribution in [1.82, 2.24) is 4.98 Å². The highest BCUT2D eigenvalue weighted by atomic mass is 127. The summed E-state index contributed by atoms with van der Waals surface area (Å²) in [6, 6.07) is 4.82. The minimum atomic E-state index is -0.385. The van der Waals surface area contributed by atoms with Crippen molar-refractivity contribution in [3.05, 3.63) is 48.5 Å². The summed E-state index contributed by atoms with van der Waals surface area (Å²) in [6.07, 6.45) is 1.80. The molecule has 1 atom stereocenters. The van der Waals surface area contributed by atoms with Crippen LogP contribution in [0.1, 0.15) is 17.8 Å². The summed E-state index contributed by atoms with van der Waals surface area (Å²) < 4.78 is 0.845. The van der Waals surface area contributed by atoms with Crippen molar-refractivity contribution in [3.63, 3.8) is 0 Å². The summed E-state index contributed by atoms with van der Waals surface area (Å²) >= 11 is 3.73. The van der Waals surface area contributed by atoms with Crippen LogP contribution < -0.4 is 5.32 Å². The molecule has 5 nitrogen and oxygen atoms in total. The zero-order chi connectivity index (χ0) is 13.8. The quantitative estimate of drug-likeness (QED) is 0.479. The third-order valence-electron chi connectivity index (χ3n) is 2.64. The Hall–Kier alpha value is -1.22. The first-order valence-electron chi connectivity index (χ1n) is 5.65. The molecule has 1 heterocycles. The van der Waals surface area contributed by atoms with Crippen LogP contribution in [0.2, 0.25) is 0 Å². The number of halogens is 1. The number of anilines is 1. The van der Waals surface area contributed by atoms with E-state index in [1.807, 2.05) is 5.38 Å². The Morgan fingerprint density at radius 1 is 1.58 bits per heavy atom. The number of rotatable bonds is 5. The van der Waals surface area contributed by atoms with Gasteiger partial charge in [-0.1, -0.05) is 6.92 Å². The van der Waals surface area contributed by atoms with E-state index >= 15 is 0 Å². The Labute approximate surface area is 128 Å². The fourth-order valence-electron chi connectivity index (χ4n) is 1.59. The minimum absolute atomic E-state index is 0.114. The Morgan fingerprint density at radius 3 is 2.95 bits per heavy atom. The van der Waals surface area contributed by atoms with Crippen LogP contribution >= 0.6 is 33.9 Å². The maximum Gasteiger partial charge on any atom is 0.270 e. The number of nitro benzene ring substituents is 1. The molecule has 0 amide bonds. The van der Waals surface area contributed by atoms with E-state index in [-0.39, 0.29) is 10.6 Å². The molecular formula is C12H12IN3O2S. The van der Waals surface area contributed by atoms with Gasteiger partial charge in [0, 0.05) is 45.4 Å². The third-order valence-corrected chi connectivity index (χ3v) is 4.53. The minimum Gasteiger partial charge on any atom is -0.383 e. The normalized spacial score (nSPS) is 12.1. The first kappa shape index (κ1) is 14.2. The first-order valence-corrected chi connectivity index (χ1v) is 7.61. The number of hydrogen-bond acceptors (Lipinski definition) is 5. The van der Waals surface area contributed by atoms with Crippen LogP contribution in [0.5, 0.6) is 0 Å². The van der Waals surface area contributed by atoms with Crippen molar-refractivity contribution in [2.45, 2.75) is 12.8 Å². The lowest BCUT2D eigenvalue weighted by atomic mass is 10.2. The monoisotopic (exact) mass is 389 g/mol. The highest BCUT2D eigenvalue weighted by molar-refractivity contribution is 14.1. The molecule has 0 saturated heterocycles. The van der Waals surface area contributed by atoms with Gasteiger partial charge in [0.25, 0.3) is 5.69 Å². The summed E-state index contributed by atoms with van der Waals surface area (Å²) in [5.74, 6) is 0.311. The lowest BCUT2D eigenvalue weighted by Gasteiger charge is -2.12. The van der Waals surface area contributed by atoms with Gasteiger partial charge in [0.05, 0.1) is 9.93 Å². The molecule has 0 aliphatic rings. The van der Waals surface area contributed by atoms with Crippen LogP contribution in [0, 0.1) is 13.7 Å². The van der Waals surface area contributed by atoms with Gasteiger partial charge >= 0.3 is 0 Å². The number of aromatic nitrogens is 1. The van der Waals surface area contributed by atoms with Crippen molar-refractivity contribution in [3.8, 4) is 0 Å². The van der Waals surface area contributed by atoms with Crippen LogP contribution in [-0.2, 0) is 0 Å². The largest absolute Gasteiger partial charge is 0.383 e. The molecule has 0 fully saturated rings. The predicted octanol–water partition coefficient (Wildman–Crippen LogP) is 3.87. The van der Waals surface area contributed by atoms with Crippen LogP contribution in [0.15, 0.2) is 29.8 Å². The zero-order valence-corrected chi connectivity index (χ0v) is 13.1. The van der Waals surface area contributed by atoms with E-state index in [1.165, 1.54) is 6.07 Å². The summed E-state index contributed by atoms with van der Waals surface area (Å²) in [4.78, 5) is 14.6. The van der Waals surface area contributed by atoms with E-state index in [1.54, 1.807) is 29.7 Å². The number of nitro groups is 1. The van der Waals surface area contributed by atoms with Gasteiger partial charge in [-0.2, -0.15) is 0 Å². The number of thiazole rings is 1. The first-order chi connectivity index (χ1) is 9.08. The fourth-order valence-corrected chi connectivity index (χ4v) is 2.98. The van der Waals surface area contributed by atoms with E-state index < -0.39 is 0 Å². The highest BCUT2D eigenvalue weighted by Gasteiger charge is 2.11. The van der Waals surface area contributed by atoms with E-state index in [0.29, 0.717) is 5.92 Å². The average molecular weight is 389 g/mol. The van der Waals surface area contributed by atoms with Gasteiger partial charge in [-0.05, 0) is 28.7 Å². The third kappa shape index (κ3) is 3.63. The van der Waals surface area contributed by atoms with Gasteiger partial charge in [0.1, 0.15) is 0 Å². The standard InChI is InChI=1S/C12H12IN3O2S/c1-8(12-14-4-5-19-12)7-15-11-3-2-9(16(17)18)6-10(11)13/h2-6,8,15H,7H2,1H3. The molecule has 0 spiro atoms. The van der Waals surface area contributed by atoms with Crippen molar-refractivity contribution in [2.75, 3.05) is 11.9 Å². The molecule has 19 heavy (non-hydrogen) atoms. The molecule has 0 radical (unpaired) electrons. The Balaban J connectivity index is 2.02.